The van der Waals surface area contributed by atoms with Crippen molar-refractivity contribution in [2.45, 2.75) is 34.6 Å². The molecule has 4 aromatic rings. The summed E-state index contributed by atoms with van der Waals surface area (Å²) in [6, 6.07) is 17.0. The van der Waals surface area contributed by atoms with Crippen molar-refractivity contribution < 1.29 is 13.9 Å². The first kappa shape index (κ1) is 21.6. The van der Waals surface area contributed by atoms with Crippen molar-refractivity contribution in [3.63, 3.8) is 0 Å². The molecule has 32 heavy (non-hydrogen) atoms. The Morgan fingerprint density at radius 1 is 0.812 bits per heavy atom. The summed E-state index contributed by atoms with van der Waals surface area (Å²) in [5.74, 6) is 0.203. The topological polar surface area (TPSA) is 56.5 Å². The van der Waals surface area contributed by atoms with Gasteiger partial charge in [-0.15, -0.1) is 0 Å². The Bertz CT molecular complexity index is 1390. The van der Waals surface area contributed by atoms with E-state index in [-0.39, 0.29) is 23.6 Å². The van der Waals surface area contributed by atoms with Crippen LogP contribution in [0, 0.1) is 34.6 Å². The van der Waals surface area contributed by atoms with E-state index in [2.05, 4.69) is 0 Å². The van der Waals surface area contributed by atoms with Gasteiger partial charge in [0.15, 0.2) is 18.2 Å². The zero-order valence-electron chi connectivity index (χ0n) is 19.0. The highest BCUT2D eigenvalue weighted by Crippen LogP contribution is 2.32. The van der Waals surface area contributed by atoms with Gasteiger partial charge in [-0.1, -0.05) is 48.0 Å². The SMILES string of the molecule is Cc1ccc(-c2oc3cc(C)cc(C)c3c(=O)c2OCC(=O)c2ccc(C)c(C)c2)cc1. The van der Waals surface area contributed by atoms with Crippen LogP contribution in [0.25, 0.3) is 22.3 Å². The van der Waals surface area contributed by atoms with Crippen LogP contribution in [-0.2, 0) is 0 Å². The first-order valence-electron chi connectivity index (χ1n) is 10.6. The minimum Gasteiger partial charge on any atom is -0.478 e. The van der Waals surface area contributed by atoms with E-state index < -0.39 is 0 Å². The molecule has 0 N–H and O–H groups in total. The molecule has 0 bridgehead atoms. The minimum atomic E-state index is -0.271. The van der Waals surface area contributed by atoms with Gasteiger partial charge in [0.1, 0.15) is 5.58 Å². The van der Waals surface area contributed by atoms with Crippen LogP contribution in [0.2, 0.25) is 0 Å². The van der Waals surface area contributed by atoms with Gasteiger partial charge in [-0.25, -0.2) is 0 Å². The number of benzene rings is 3. The Kier molecular flexibility index (Phi) is 5.70. The number of aryl methyl sites for hydroxylation is 5. The molecule has 0 atom stereocenters. The van der Waals surface area contributed by atoms with Crippen molar-refractivity contribution in [1.82, 2.24) is 0 Å². The summed E-state index contributed by atoms with van der Waals surface area (Å²) in [5, 5.41) is 0.472. The van der Waals surface area contributed by atoms with Crippen LogP contribution in [0.15, 0.2) is 63.8 Å². The van der Waals surface area contributed by atoms with Gasteiger partial charge in [0.2, 0.25) is 11.2 Å². The fourth-order valence-electron chi connectivity index (χ4n) is 3.84. The molecule has 0 unspecified atom stereocenters. The average molecular weight is 427 g/mol. The van der Waals surface area contributed by atoms with Crippen molar-refractivity contribution in [2.75, 3.05) is 6.61 Å². The summed E-state index contributed by atoms with van der Waals surface area (Å²) in [7, 11) is 0. The molecule has 162 valence electrons. The average Bonchev–Trinajstić information content (AvgIpc) is 2.74. The quantitative estimate of drug-likeness (QED) is 0.353. The number of fused-ring (bicyclic) bond motifs is 1. The molecule has 0 radical (unpaired) electrons. The zero-order valence-corrected chi connectivity index (χ0v) is 19.0. The lowest BCUT2D eigenvalue weighted by molar-refractivity contribution is 0.0920. The number of ether oxygens (including phenoxy) is 1. The summed E-state index contributed by atoms with van der Waals surface area (Å²) >= 11 is 0. The van der Waals surface area contributed by atoms with Gasteiger partial charge in [-0.2, -0.15) is 0 Å². The summed E-state index contributed by atoms with van der Waals surface area (Å²) in [6.07, 6.45) is 0. The number of Topliss-reactive ketones (excluding diaryl/α,β-unsaturated/α-hetero) is 1. The Hall–Kier alpha value is -3.66. The van der Waals surface area contributed by atoms with Crippen molar-refractivity contribution in [2.24, 2.45) is 0 Å². The monoisotopic (exact) mass is 426 g/mol. The van der Waals surface area contributed by atoms with Gasteiger partial charge in [0.05, 0.1) is 5.39 Å². The van der Waals surface area contributed by atoms with E-state index >= 15 is 0 Å². The molecule has 0 aliphatic rings. The molecule has 4 rings (SSSR count). The van der Waals surface area contributed by atoms with Crippen LogP contribution >= 0.6 is 0 Å². The lowest BCUT2D eigenvalue weighted by Gasteiger charge is -2.13. The second-order valence-electron chi connectivity index (χ2n) is 8.42. The predicted octanol–water partition coefficient (Wildman–Crippen LogP) is 6.26. The number of ketones is 1. The maximum absolute atomic E-state index is 13.5. The second kappa shape index (κ2) is 8.46. The predicted molar refractivity (Wildman–Crippen MR) is 128 cm³/mol. The Labute approximate surface area is 187 Å². The van der Waals surface area contributed by atoms with Crippen LogP contribution in [0.5, 0.6) is 5.75 Å². The molecule has 1 aromatic heterocycles. The van der Waals surface area contributed by atoms with E-state index in [4.69, 9.17) is 9.15 Å². The van der Waals surface area contributed by atoms with Gasteiger partial charge in [-0.3, -0.25) is 9.59 Å². The van der Waals surface area contributed by atoms with E-state index in [1.54, 1.807) is 6.07 Å². The van der Waals surface area contributed by atoms with Crippen LogP contribution < -0.4 is 10.2 Å². The van der Waals surface area contributed by atoms with Gasteiger partial charge in [-0.05, 0) is 69.0 Å². The standard InChI is InChI=1S/C28H26O4/c1-16-6-9-21(10-7-16)27-28(26(30)25-20(5)12-17(2)13-24(25)32-27)31-15-23(29)22-11-8-18(3)19(4)14-22/h6-14H,15H2,1-5H3. The molecule has 0 spiro atoms. The van der Waals surface area contributed by atoms with Crippen LogP contribution in [-0.4, -0.2) is 12.4 Å². The van der Waals surface area contributed by atoms with E-state index in [0.717, 1.165) is 33.4 Å². The molecule has 0 aliphatic carbocycles. The molecular formula is C28H26O4. The highest BCUT2D eigenvalue weighted by atomic mass is 16.5. The van der Waals surface area contributed by atoms with Crippen LogP contribution in [0.4, 0.5) is 0 Å². The maximum atomic E-state index is 13.5. The zero-order chi connectivity index (χ0) is 23.0. The van der Waals surface area contributed by atoms with Crippen molar-refractivity contribution in [3.8, 4) is 17.1 Å². The lowest BCUT2D eigenvalue weighted by Crippen LogP contribution is -2.17. The van der Waals surface area contributed by atoms with Crippen molar-refractivity contribution in [3.05, 3.63) is 98.2 Å². The van der Waals surface area contributed by atoms with E-state index in [1.807, 2.05) is 83.1 Å². The fraction of sp³-hybridized carbons (Fsp3) is 0.214. The van der Waals surface area contributed by atoms with Crippen molar-refractivity contribution >= 4 is 16.8 Å². The van der Waals surface area contributed by atoms with Crippen LogP contribution in [0.3, 0.4) is 0 Å². The van der Waals surface area contributed by atoms with Gasteiger partial charge in [0, 0.05) is 11.1 Å². The van der Waals surface area contributed by atoms with Crippen molar-refractivity contribution in [1.29, 1.82) is 0 Å². The number of carbonyl (C=O) groups excluding carboxylic acids is 1. The summed E-state index contributed by atoms with van der Waals surface area (Å²) in [6.45, 7) is 9.55. The summed E-state index contributed by atoms with van der Waals surface area (Å²) < 4.78 is 12.1. The van der Waals surface area contributed by atoms with E-state index in [1.165, 1.54) is 0 Å². The molecular weight excluding hydrogens is 400 g/mol. The Balaban J connectivity index is 1.81. The third-order valence-electron chi connectivity index (χ3n) is 5.79. The Morgan fingerprint density at radius 2 is 1.53 bits per heavy atom. The highest BCUT2D eigenvalue weighted by Gasteiger charge is 2.20. The summed E-state index contributed by atoms with van der Waals surface area (Å²) in [5.41, 5.74) is 6.59. The fourth-order valence-corrected chi connectivity index (χ4v) is 3.84. The second-order valence-corrected chi connectivity index (χ2v) is 8.42. The number of hydrogen-bond acceptors (Lipinski definition) is 4. The third kappa shape index (κ3) is 4.09. The van der Waals surface area contributed by atoms with Gasteiger partial charge < -0.3 is 9.15 Å². The Morgan fingerprint density at radius 3 is 2.22 bits per heavy atom. The maximum Gasteiger partial charge on any atom is 0.235 e. The molecule has 4 nitrogen and oxygen atoms in total. The van der Waals surface area contributed by atoms with Gasteiger partial charge >= 0.3 is 0 Å². The molecule has 0 saturated carbocycles. The summed E-state index contributed by atoms with van der Waals surface area (Å²) in [4.78, 5) is 26.3. The first-order valence-corrected chi connectivity index (χ1v) is 10.6. The lowest BCUT2D eigenvalue weighted by atomic mass is 10.0. The molecule has 0 fully saturated rings. The number of hydrogen-bond donors (Lipinski definition) is 0. The van der Waals surface area contributed by atoms with Gasteiger partial charge in [0.25, 0.3) is 0 Å². The first-order chi connectivity index (χ1) is 15.2. The molecule has 4 heteroatoms. The number of rotatable bonds is 5. The van der Waals surface area contributed by atoms with E-state index in [9.17, 15) is 9.59 Å². The van der Waals surface area contributed by atoms with Crippen LogP contribution in [0.1, 0.15) is 38.2 Å². The molecule has 0 amide bonds. The van der Waals surface area contributed by atoms with E-state index in [0.29, 0.717) is 22.3 Å². The highest BCUT2D eigenvalue weighted by molar-refractivity contribution is 5.97. The molecule has 0 aliphatic heterocycles. The normalized spacial score (nSPS) is 11.0. The molecule has 1 heterocycles. The smallest absolute Gasteiger partial charge is 0.235 e. The molecule has 3 aromatic carbocycles. The largest absolute Gasteiger partial charge is 0.478 e. The third-order valence-corrected chi connectivity index (χ3v) is 5.79. The number of carbonyl (C=O) groups is 1. The minimum absolute atomic E-state index is 0.0606. The molecule has 0 saturated heterocycles.